The number of nitrogens with two attached hydrogens (primary N) is 2. The first kappa shape index (κ1) is 19.9. The van der Waals surface area contributed by atoms with Crippen LogP contribution in [0.3, 0.4) is 0 Å². The fourth-order valence-electron chi connectivity index (χ4n) is 3.98. The third-order valence-corrected chi connectivity index (χ3v) is 5.79. The van der Waals surface area contributed by atoms with Crippen molar-refractivity contribution in [1.29, 1.82) is 0 Å². The van der Waals surface area contributed by atoms with Gasteiger partial charge in [0.2, 0.25) is 0 Å². The van der Waals surface area contributed by atoms with Crippen molar-refractivity contribution in [3.63, 3.8) is 0 Å². The molecule has 0 aliphatic heterocycles. The van der Waals surface area contributed by atoms with Crippen LogP contribution in [0.25, 0.3) is 27.6 Å². The number of aryl methyl sites for hydroxylation is 2. The molecular weight excluding hydrogens is 398 g/mol. The quantitative estimate of drug-likeness (QED) is 0.433. The Morgan fingerprint density at radius 2 is 1.75 bits per heavy atom. The summed E-state index contributed by atoms with van der Waals surface area (Å²) in [6, 6.07) is 12.4. The third-order valence-electron chi connectivity index (χ3n) is 5.79. The molecule has 5 rings (SSSR count). The summed E-state index contributed by atoms with van der Waals surface area (Å²) >= 11 is 0. The largest absolute Gasteiger partial charge is 0.398 e. The van der Waals surface area contributed by atoms with Gasteiger partial charge in [-0.15, -0.1) is 0 Å². The van der Waals surface area contributed by atoms with Crippen molar-refractivity contribution in [3.05, 3.63) is 78.1 Å². The van der Waals surface area contributed by atoms with Crippen molar-refractivity contribution in [2.45, 2.75) is 32.6 Å². The Kier molecular flexibility index (Phi) is 4.93. The van der Waals surface area contributed by atoms with Crippen molar-refractivity contribution in [2.75, 3.05) is 11.5 Å². The smallest absolute Gasteiger partial charge is 0.150 e. The summed E-state index contributed by atoms with van der Waals surface area (Å²) in [6.07, 6.45) is 8.92. The van der Waals surface area contributed by atoms with Crippen LogP contribution < -0.4 is 11.5 Å². The lowest BCUT2D eigenvalue weighted by Gasteiger charge is -2.11. The molecule has 4 heterocycles. The maximum absolute atomic E-state index is 6.25. The summed E-state index contributed by atoms with van der Waals surface area (Å²) in [6.45, 7) is 4.26. The second-order valence-corrected chi connectivity index (χ2v) is 8.38. The molecule has 0 saturated heterocycles. The van der Waals surface area contributed by atoms with Crippen molar-refractivity contribution in [1.82, 2.24) is 24.5 Å². The first-order valence-corrected chi connectivity index (χ1v) is 10.7. The molecule has 0 atom stereocenters. The average molecular weight is 424 g/mol. The minimum Gasteiger partial charge on any atom is -0.398 e. The van der Waals surface area contributed by atoms with Gasteiger partial charge in [0.05, 0.1) is 22.8 Å². The first-order valence-electron chi connectivity index (χ1n) is 10.7. The zero-order valence-corrected chi connectivity index (χ0v) is 18.2. The molecule has 32 heavy (non-hydrogen) atoms. The summed E-state index contributed by atoms with van der Waals surface area (Å²) in [5, 5.41) is 1.84. The molecule has 0 fully saturated rings. The third kappa shape index (κ3) is 3.62. The number of nitrogens with zero attached hydrogens (tertiary/aromatic N) is 5. The van der Waals surface area contributed by atoms with E-state index in [4.69, 9.17) is 16.5 Å². The Bertz CT molecular complexity index is 1440. The van der Waals surface area contributed by atoms with Gasteiger partial charge in [-0.3, -0.25) is 14.5 Å². The highest BCUT2D eigenvalue weighted by molar-refractivity contribution is 5.90. The maximum Gasteiger partial charge on any atom is 0.150 e. The number of hydrogen-bond acceptors (Lipinski definition) is 6. The molecular formula is C25H25N7. The molecule has 0 aliphatic rings. The monoisotopic (exact) mass is 423 g/mol. The van der Waals surface area contributed by atoms with Crippen LogP contribution in [0.15, 0.2) is 61.3 Å². The van der Waals surface area contributed by atoms with Gasteiger partial charge in [0, 0.05) is 29.2 Å². The lowest BCUT2D eigenvalue weighted by atomic mass is 10.0. The lowest BCUT2D eigenvalue weighted by molar-refractivity contribution is 0.830. The normalized spacial score (nSPS) is 11.6. The number of benzene rings is 1. The fourth-order valence-corrected chi connectivity index (χ4v) is 3.98. The Labute approximate surface area is 186 Å². The summed E-state index contributed by atoms with van der Waals surface area (Å²) in [4.78, 5) is 17.7. The molecule has 0 bridgehead atoms. The van der Waals surface area contributed by atoms with Crippen LogP contribution >= 0.6 is 0 Å². The number of hydrogen-bond donors (Lipinski definition) is 2. The maximum atomic E-state index is 6.25. The van der Waals surface area contributed by atoms with E-state index in [0.29, 0.717) is 11.7 Å². The molecule has 0 spiro atoms. The molecule has 4 N–H and O–H groups in total. The lowest BCUT2D eigenvalue weighted by Crippen LogP contribution is -2.00. The van der Waals surface area contributed by atoms with Gasteiger partial charge in [-0.05, 0) is 54.2 Å². The molecule has 7 nitrogen and oxygen atoms in total. The highest BCUT2D eigenvalue weighted by Crippen LogP contribution is 2.26. The molecule has 0 amide bonds. The van der Waals surface area contributed by atoms with E-state index in [9.17, 15) is 0 Å². The van der Waals surface area contributed by atoms with Gasteiger partial charge in [-0.2, -0.15) is 0 Å². The molecule has 0 aliphatic carbocycles. The van der Waals surface area contributed by atoms with Gasteiger partial charge >= 0.3 is 0 Å². The molecule has 160 valence electrons. The van der Waals surface area contributed by atoms with Crippen LogP contribution in [-0.4, -0.2) is 24.5 Å². The number of anilines is 2. The molecule has 5 aromatic rings. The van der Waals surface area contributed by atoms with Gasteiger partial charge in [0.25, 0.3) is 0 Å². The molecule has 1 aromatic carbocycles. The van der Waals surface area contributed by atoms with E-state index in [-0.39, 0.29) is 0 Å². The van der Waals surface area contributed by atoms with Gasteiger partial charge in [0.15, 0.2) is 0 Å². The SMILES string of the molecule is CC(C)c1cc(N)c2ccc(CCc3cncc(-n4ccc5c(N)ncnc54)c3)cc2n1. The van der Waals surface area contributed by atoms with Crippen LogP contribution in [-0.2, 0) is 12.8 Å². The van der Waals surface area contributed by atoms with Gasteiger partial charge in [-0.25, -0.2) is 9.97 Å². The predicted octanol–water partition coefficient (Wildman–Crippen LogP) is 4.44. The number of pyridine rings is 2. The van der Waals surface area contributed by atoms with Crippen molar-refractivity contribution in [3.8, 4) is 5.69 Å². The Hall–Kier alpha value is -4.00. The molecule has 7 heteroatoms. The Morgan fingerprint density at radius 3 is 2.59 bits per heavy atom. The van der Waals surface area contributed by atoms with E-state index in [1.165, 1.54) is 11.9 Å². The minimum absolute atomic E-state index is 0.338. The second kappa shape index (κ2) is 7.92. The topological polar surface area (TPSA) is 109 Å². The molecule has 0 radical (unpaired) electrons. The van der Waals surface area contributed by atoms with E-state index < -0.39 is 0 Å². The Balaban J connectivity index is 1.40. The number of rotatable bonds is 5. The van der Waals surface area contributed by atoms with E-state index in [1.54, 1.807) is 0 Å². The fraction of sp³-hybridized carbons (Fsp3) is 0.200. The van der Waals surface area contributed by atoms with Crippen molar-refractivity contribution >= 4 is 33.4 Å². The zero-order valence-electron chi connectivity index (χ0n) is 18.2. The molecule has 0 unspecified atom stereocenters. The van der Waals surface area contributed by atoms with Crippen LogP contribution in [0.4, 0.5) is 11.5 Å². The summed E-state index contributed by atoms with van der Waals surface area (Å²) in [5.41, 5.74) is 19.1. The summed E-state index contributed by atoms with van der Waals surface area (Å²) < 4.78 is 1.99. The number of fused-ring (bicyclic) bond motifs is 2. The number of nitrogen functional groups attached to an aromatic ring is 2. The Morgan fingerprint density at radius 1 is 0.906 bits per heavy atom. The van der Waals surface area contributed by atoms with Crippen LogP contribution in [0.1, 0.15) is 36.6 Å². The highest BCUT2D eigenvalue weighted by Gasteiger charge is 2.10. The standard InChI is InChI=1S/C25H25N7/c1-15(2)22-11-21(26)19-6-5-16(10-23(19)31-22)3-4-17-9-18(13-28-12-17)32-8-7-20-24(27)29-14-30-25(20)32/h5-15H,3-4H2,1-2H3,(H2,26,31)(H2,27,29,30). The van der Waals surface area contributed by atoms with E-state index in [1.807, 2.05) is 35.3 Å². The van der Waals surface area contributed by atoms with Gasteiger partial charge in [-0.1, -0.05) is 26.0 Å². The predicted molar refractivity (Wildman–Crippen MR) is 129 cm³/mol. The minimum atomic E-state index is 0.338. The highest BCUT2D eigenvalue weighted by atomic mass is 15.1. The van der Waals surface area contributed by atoms with Crippen LogP contribution in [0, 0.1) is 0 Å². The van der Waals surface area contributed by atoms with E-state index in [0.717, 1.165) is 57.4 Å². The van der Waals surface area contributed by atoms with E-state index in [2.05, 4.69) is 53.1 Å². The van der Waals surface area contributed by atoms with Crippen molar-refractivity contribution < 1.29 is 0 Å². The average Bonchev–Trinajstić information content (AvgIpc) is 3.23. The second-order valence-electron chi connectivity index (χ2n) is 8.38. The molecule has 0 saturated carbocycles. The van der Waals surface area contributed by atoms with Crippen LogP contribution in [0.5, 0.6) is 0 Å². The van der Waals surface area contributed by atoms with E-state index >= 15 is 0 Å². The zero-order chi connectivity index (χ0) is 22.2. The first-order chi connectivity index (χ1) is 15.5. The molecule has 4 aromatic heterocycles. The van der Waals surface area contributed by atoms with Gasteiger partial charge in [0.1, 0.15) is 17.8 Å². The van der Waals surface area contributed by atoms with Crippen LogP contribution in [0.2, 0.25) is 0 Å². The van der Waals surface area contributed by atoms with Crippen molar-refractivity contribution in [2.24, 2.45) is 0 Å². The number of aromatic nitrogens is 5. The summed E-state index contributed by atoms with van der Waals surface area (Å²) in [5.74, 6) is 0.814. The summed E-state index contributed by atoms with van der Waals surface area (Å²) in [7, 11) is 0. The van der Waals surface area contributed by atoms with Gasteiger partial charge < -0.3 is 11.5 Å².